The standard InChI is InChI=1S/C15H23N5O/c1-4-6-7-17-15(16-5-2)20-8-9-21-14(12-20)13-10-18-19(3)11-13/h1,10-11,14H,5-9,12H2,2-3H3,(H,16,17). The van der Waals surface area contributed by atoms with Gasteiger partial charge in [-0.25, -0.2) is 0 Å². The molecule has 1 aliphatic heterocycles. The first-order chi connectivity index (χ1) is 10.2. The highest BCUT2D eigenvalue weighted by molar-refractivity contribution is 5.80. The number of hydrogen-bond acceptors (Lipinski definition) is 3. The molecule has 6 heteroatoms. The summed E-state index contributed by atoms with van der Waals surface area (Å²) in [4.78, 5) is 6.80. The van der Waals surface area contributed by atoms with Crippen molar-refractivity contribution >= 4 is 5.96 Å². The summed E-state index contributed by atoms with van der Waals surface area (Å²) >= 11 is 0. The zero-order valence-electron chi connectivity index (χ0n) is 12.7. The van der Waals surface area contributed by atoms with Crippen LogP contribution in [0.25, 0.3) is 0 Å². The van der Waals surface area contributed by atoms with Crippen LogP contribution in [-0.4, -0.2) is 53.4 Å². The highest BCUT2D eigenvalue weighted by atomic mass is 16.5. The van der Waals surface area contributed by atoms with Crippen molar-refractivity contribution in [3.8, 4) is 12.3 Å². The zero-order valence-corrected chi connectivity index (χ0v) is 12.7. The van der Waals surface area contributed by atoms with Gasteiger partial charge in [-0.05, 0) is 6.92 Å². The van der Waals surface area contributed by atoms with E-state index >= 15 is 0 Å². The third kappa shape index (κ3) is 4.23. The molecule has 21 heavy (non-hydrogen) atoms. The van der Waals surface area contributed by atoms with Crippen molar-refractivity contribution in [1.82, 2.24) is 20.0 Å². The predicted molar refractivity (Wildman–Crippen MR) is 82.9 cm³/mol. The summed E-state index contributed by atoms with van der Waals surface area (Å²) in [5, 5.41) is 7.53. The molecule has 1 aliphatic rings. The molecule has 1 atom stereocenters. The van der Waals surface area contributed by atoms with Crippen LogP contribution in [0.1, 0.15) is 25.0 Å². The fourth-order valence-electron chi connectivity index (χ4n) is 2.30. The maximum atomic E-state index is 5.85. The summed E-state index contributed by atoms with van der Waals surface area (Å²) in [6.07, 6.45) is 9.83. The van der Waals surface area contributed by atoms with Crippen LogP contribution in [0.5, 0.6) is 0 Å². The Balaban J connectivity index is 2.03. The minimum atomic E-state index is 0.0314. The summed E-state index contributed by atoms with van der Waals surface area (Å²) in [7, 11) is 1.91. The summed E-state index contributed by atoms with van der Waals surface area (Å²) in [6, 6.07) is 0. The van der Waals surface area contributed by atoms with Gasteiger partial charge in [0.15, 0.2) is 5.96 Å². The van der Waals surface area contributed by atoms with E-state index in [0.717, 1.165) is 31.2 Å². The van der Waals surface area contributed by atoms with Gasteiger partial charge in [0.05, 0.1) is 25.9 Å². The molecule has 0 saturated carbocycles. The van der Waals surface area contributed by atoms with Crippen molar-refractivity contribution < 1.29 is 4.74 Å². The van der Waals surface area contributed by atoms with Crippen LogP contribution < -0.4 is 5.32 Å². The first-order valence-corrected chi connectivity index (χ1v) is 7.31. The van der Waals surface area contributed by atoms with Crippen LogP contribution in [0.15, 0.2) is 17.4 Å². The number of ether oxygens (including phenoxy) is 1. The SMILES string of the molecule is C#CCCN=C(NCC)N1CCOC(c2cnn(C)c2)C1. The van der Waals surface area contributed by atoms with E-state index < -0.39 is 0 Å². The Kier molecular flexibility index (Phi) is 5.64. The minimum absolute atomic E-state index is 0.0314. The first kappa shape index (κ1) is 15.4. The molecule has 2 rings (SSSR count). The third-order valence-corrected chi connectivity index (χ3v) is 3.32. The van der Waals surface area contributed by atoms with Crippen molar-refractivity contribution in [2.75, 3.05) is 32.8 Å². The lowest BCUT2D eigenvalue weighted by atomic mass is 10.1. The maximum absolute atomic E-state index is 5.85. The summed E-state index contributed by atoms with van der Waals surface area (Å²) in [5.74, 6) is 3.52. The largest absolute Gasteiger partial charge is 0.370 e. The van der Waals surface area contributed by atoms with E-state index in [1.54, 1.807) is 4.68 Å². The molecule has 1 saturated heterocycles. The van der Waals surface area contributed by atoms with E-state index in [1.165, 1.54) is 0 Å². The number of guanidine groups is 1. The average molecular weight is 289 g/mol. The van der Waals surface area contributed by atoms with Crippen LogP contribution in [-0.2, 0) is 11.8 Å². The van der Waals surface area contributed by atoms with Crippen molar-refractivity contribution in [2.24, 2.45) is 12.0 Å². The van der Waals surface area contributed by atoms with Crippen molar-refractivity contribution in [3.05, 3.63) is 18.0 Å². The van der Waals surface area contributed by atoms with E-state index in [9.17, 15) is 0 Å². The summed E-state index contributed by atoms with van der Waals surface area (Å²) in [5.41, 5.74) is 1.10. The molecule has 6 nitrogen and oxygen atoms in total. The van der Waals surface area contributed by atoms with E-state index in [2.05, 4.69) is 33.2 Å². The fraction of sp³-hybridized carbons (Fsp3) is 0.600. The number of aromatic nitrogens is 2. The van der Waals surface area contributed by atoms with E-state index in [1.807, 2.05) is 19.4 Å². The lowest BCUT2D eigenvalue weighted by Crippen LogP contribution is -2.48. The van der Waals surface area contributed by atoms with Crippen LogP contribution >= 0.6 is 0 Å². The Hall–Kier alpha value is -2.00. The second kappa shape index (κ2) is 7.70. The average Bonchev–Trinajstić information content (AvgIpc) is 2.93. The quantitative estimate of drug-likeness (QED) is 0.385. The number of rotatable bonds is 4. The molecule has 1 aromatic rings. The second-order valence-electron chi connectivity index (χ2n) is 4.94. The molecule has 0 aliphatic carbocycles. The van der Waals surface area contributed by atoms with Gasteiger partial charge in [-0.3, -0.25) is 9.67 Å². The van der Waals surface area contributed by atoms with Gasteiger partial charge in [-0.1, -0.05) is 0 Å². The molecule has 1 aromatic heterocycles. The third-order valence-electron chi connectivity index (χ3n) is 3.32. The Labute approximate surface area is 126 Å². The number of aliphatic imine (C=N–C) groups is 1. The number of terminal acetylenes is 1. The molecule has 2 heterocycles. The van der Waals surface area contributed by atoms with E-state index in [0.29, 0.717) is 19.6 Å². The highest BCUT2D eigenvalue weighted by Crippen LogP contribution is 2.21. The lowest BCUT2D eigenvalue weighted by molar-refractivity contribution is -0.00803. The predicted octanol–water partition coefficient (Wildman–Crippen LogP) is 0.782. The Bertz CT molecular complexity index is 516. The summed E-state index contributed by atoms with van der Waals surface area (Å²) < 4.78 is 7.65. The minimum Gasteiger partial charge on any atom is -0.370 e. The van der Waals surface area contributed by atoms with Gasteiger partial charge in [-0.2, -0.15) is 5.10 Å². The molecular formula is C15H23N5O. The molecule has 1 unspecified atom stereocenters. The Morgan fingerprint density at radius 2 is 2.52 bits per heavy atom. The monoisotopic (exact) mass is 289 g/mol. The summed E-state index contributed by atoms with van der Waals surface area (Å²) in [6.45, 7) is 5.83. The molecule has 0 radical (unpaired) electrons. The number of nitrogens with one attached hydrogen (secondary N) is 1. The Morgan fingerprint density at radius 1 is 1.67 bits per heavy atom. The Morgan fingerprint density at radius 3 is 3.19 bits per heavy atom. The number of morpholine rings is 1. The zero-order chi connectivity index (χ0) is 15.1. The number of hydrogen-bond donors (Lipinski definition) is 1. The van der Waals surface area contributed by atoms with Gasteiger partial charge in [0.25, 0.3) is 0 Å². The van der Waals surface area contributed by atoms with Crippen LogP contribution in [0, 0.1) is 12.3 Å². The van der Waals surface area contributed by atoms with Gasteiger partial charge in [0, 0.05) is 38.3 Å². The first-order valence-electron chi connectivity index (χ1n) is 7.31. The molecule has 0 spiro atoms. The molecular weight excluding hydrogens is 266 g/mol. The van der Waals surface area contributed by atoms with Gasteiger partial charge in [-0.15, -0.1) is 12.3 Å². The molecule has 1 N–H and O–H groups in total. The van der Waals surface area contributed by atoms with E-state index in [-0.39, 0.29) is 6.10 Å². The number of nitrogens with zero attached hydrogens (tertiary/aromatic N) is 4. The topological polar surface area (TPSA) is 54.7 Å². The highest BCUT2D eigenvalue weighted by Gasteiger charge is 2.24. The van der Waals surface area contributed by atoms with Crippen LogP contribution in [0.3, 0.4) is 0 Å². The number of aryl methyl sites for hydroxylation is 1. The van der Waals surface area contributed by atoms with Crippen molar-refractivity contribution in [2.45, 2.75) is 19.4 Å². The van der Waals surface area contributed by atoms with Gasteiger partial charge in [0.2, 0.25) is 0 Å². The maximum Gasteiger partial charge on any atom is 0.194 e. The molecule has 0 amide bonds. The smallest absolute Gasteiger partial charge is 0.194 e. The molecule has 0 aromatic carbocycles. The van der Waals surface area contributed by atoms with Crippen LogP contribution in [0.2, 0.25) is 0 Å². The molecule has 1 fully saturated rings. The molecule has 114 valence electrons. The van der Waals surface area contributed by atoms with Gasteiger partial charge >= 0.3 is 0 Å². The second-order valence-corrected chi connectivity index (χ2v) is 4.94. The fourth-order valence-corrected chi connectivity index (χ4v) is 2.30. The van der Waals surface area contributed by atoms with Crippen LogP contribution in [0.4, 0.5) is 0 Å². The van der Waals surface area contributed by atoms with E-state index in [4.69, 9.17) is 11.2 Å². The van der Waals surface area contributed by atoms with Gasteiger partial charge < -0.3 is 15.0 Å². The van der Waals surface area contributed by atoms with Crippen molar-refractivity contribution in [3.63, 3.8) is 0 Å². The van der Waals surface area contributed by atoms with Gasteiger partial charge in [0.1, 0.15) is 6.10 Å². The molecule has 0 bridgehead atoms. The lowest BCUT2D eigenvalue weighted by Gasteiger charge is -2.34. The van der Waals surface area contributed by atoms with Crippen molar-refractivity contribution in [1.29, 1.82) is 0 Å². The normalized spacial score (nSPS) is 19.4.